The van der Waals surface area contributed by atoms with E-state index in [4.69, 9.17) is 4.74 Å². The molecule has 2 unspecified atom stereocenters. The maximum absolute atomic E-state index is 13.1. The summed E-state index contributed by atoms with van der Waals surface area (Å²) in [7, 11) is -2.42. The number of hydrogen-bond donors (Lipinski definition) is 2. The fourth-order valence-electron chi connectivity index (χ4n) is 3.30. The molecule has 0 spiro atoms. The van der Waals surface area contributed by atoms with E-state index < -0.39 is 28.1 Å². The quantitative estimate of drug-likeness (QED) is 0.718. The summed E-state index contributed by atoms with van der Waals surface area (Å²) in [6, 6.07) is 4.21. The van der Waals surface area contributed by atoms with Gasteiger partial charge in [-0.1, -0.05) is 12.1 Å². The minimum Gasteiger partial charge on any atom is -0.379 e. The van der Waals surface area contributed by atoms with Crippen LogP contribution in [0.15, 0.2) is 24.3 Å². The number of halogens is 1. The normalized spacial score (nSPS) is 26.6. The Morgan fingerprint density at radius 3 is 2.63 bits per heavy atom. The number of carbonyl (C=O) groups excluding carboxylic acids is 1. The van der Waals surface area contributed by atoms with Crippen LogP contribution < -0.4 is 10.0 Å². The molecule has 0 aliphatic carbocycles. The molecule has 0 radical (unpaired) electrons. The van der Waals surface area contributed by atoms with Crippen LogP contribution in [0.25, 0.3) is 0 Å². The highest BCUT2D eigenvalue weighted by molar-refractivity contribution is 7.87. The predicted molar refractivity (Wildman–Crippen MR) is 97.6 cm³/mol. The Labute approximate surface area is 158 Å². The Morgan fingerprint density at radius 2 is 1.96 bits per heavy atom. The van der Waals surface area contributed by atoms with Crippen LogP contribution in [0.2, 0.25) is 0 Å². The van der Waals surface area contributed by atoms with Crippen molar-refractivity contribution in [1.29, 1.82) is 0 Å². The lowest BCUT2D eigenvalue weighted by Gasteiger charge is -2.36. The molecule has 2 N–H and O–H groups in total. The molecule has 0 aromatic heterocycles. The summed E-state index contributed by atoms with van der Waals surface area (Å²) in [5, 5.41) is 2.83. The predicted octanol–water partition coefficient (Wildman–Crippen LogP) is -0.146. The van der Waals surface area contributed by atoms with Crippen molar-refractivity contribution < 1.29 is 22.3 Å². The number of nitrogens with zero attached hydrogens (tertiary/aromatic N) is 2. The third kappa shape index (κ3) is 5.02. The van der Waals surface area contributed by atoms with E-state index in [1.165, 1.54) is 31.3 Å². The van der Waals surface area contributed by atoms with E-state index in [0.717, 1.165) is 17.4 Å². The molecule has 2 aliphatic heterocycles. The van der Waals surface area contributed by atoms with Crippen molar-refractivity contribution in [2.45, 2.75) is 18.5 Å². The molecule has 150 valence electrons. The highest BCUT2D eigenvalue weighted by Gasteiger charge is 2.40. The van der Waals surface area contributed by atoms with Crippen molar-refractivity contribution in [3.63, 3.8) is 0 Å². The molecule has 8 nitrogen and oxygen atoms in total. The lowest BCUT2D eigenvalue weighted by molar-refractivity contribution is -0.125. The van der Waals surface area contributed by atoms with Gasteiger partial charge in [0.1, 0.15) is 11.9 Å². The van der Waals surface area contributed by atoms with Crippen molar-refractivity contribution in [3.05, 3.63) is 35.6 Å². The number of morpholine rings is 1. The van der Waals surface area contributed by atoms with Crippen molar-refractivity contribution in [2.24, 2.45) is 0 Å². The third-order valence-electron chi connectivity index (χ3n) is 4.97. The lowest BCUT2D eigenvalue weighted by Crippen LogP contribution is -2.57. The molecule has 27 heavy (non-hydrogen) atoms. The first-order valence-electron chi connectivity index (χ1n) is 8.95. The number of carbonyl (C=O) groups is 1. The van der Waals surface area contributed by atoms with Gasteiger partial charge in [0.25, 0.3) is 10.2 Å². The molecule has 10 heteroatoms. The van der Waals surface area contributed by atoms with Gasteiger partial charge in [0, 0.05) is 39.3 Å². The fraction of sp³-hybridized carbons (Fsp3) is 0.588. The SMILES string of the molecule is CN1C(C(=O)NCCN2CCOCC2)CC(c2ccc(F)cc2)NS1(=O)=O. The summed E-state index contributed by atoms with van der Waals surface area (Å²) in [4.78, 5) is 14.8. The highest BCUT2D eigenvalue weighted by atomic mass is 32.2. The minimum atomic E-state index is -3.81. The van der Waals surface area contributed by atoms with Crippen LogP contribution in [-0.4, -0.2) is 76.0 Å². The molecular weight excluding hydrogens is 375 g/mol. The van der Waals surface area contributed by atoms with Crippen LogP contribution in [0.4, 0.5) is 4.39 Å². The largest absolute Gasteiger partial charge is 0.379 e. The molecule has 3 rings (SSSR count). The standard InChI is InChI=1S/C17H25FN4O4S/c1-21-16(17(23)19-6-7-22-8-10-26-11-9-22)12-15(20-27(21,24)25)13-2-4-14(18)5-3-13/h2-5,15-16,20H,6-12H2,1H3,(H,19,23). The van der Waals surface area contributed by atoms with E-state index in [1.807, 2.05) is 0 Å². The van der Waals surface area contributed by atoms with Crippen molar-refractivity contribution in [3.8, 4) is 0 Å². The zero-order chi connectivity index (χ0) is 19.4. The van der Waals surface area contributed by atoms with Gasteiger partial charge in [-0.3, -0.25) is 9.69 Å². The van der Waals surface area contributed by atoms with Crippen LogP contribution >= 0.6 is 0 Å². The average molecular weight is 400 g/mol. The number of nitrogens with one attached hydrogen (secondary N) is 2. The van der Waals surface area contributed by atoms with Gasteiger partial charge in [0.2, 0.25) is 5.91 Å². The van der Waals surface area contributed by atoms with Gasteiger partial charge in [-0.2, -0.15) is 17.4 Å². The van der Waals surface area contributed by atoms with Crippen LogP contribution in [0.3, 0.4) is 0 Å². The topological polar surface area (TPSA) is 91.0 Å². The molecule has 2 saturated heterocycles. The van der Waals surface area contributed by atoms with E-state index in [-0.39, 0.29) is 12.3 Å². The second-order valence-corrected chi connectivity index (χ2v) is 8.50. The molecule has 0 bridgehead atoms. The summed E-state index contributed by atoms with van der Waals surface area (Å²) in [6.45, 7) is 4.15. The van der Waals surface area contributed by atoms with E-state index in [0.29, 0.717) is 31.9 Å². The monoisotopic (exact) mass is 400 g/mol. The van der Waals surface area contributed by atoms with Crippen LogP contribution in [-0.2, 0) is 19.7 Å². The maximum Gasteiger partial charge on any atom is 0.280 e. The summed E-state index contributed by atoms with van der Waals surface area (Å²) < 4.78 is 46.8. The number of hydrogen-bond acceptors (Lipinski definition) is 5. The van der Waals surface area contributed by atoms with E-state index in [9.17, 15) is 17.6 Å². The summed E-state index contributed by atoms with van der Waals surface area (Å²) >= 11 is 0. The summed E-state index contributed by atoms with van der Waals surface area (Å²) in [6.07, 6.45) is 0.269. The Balaban J connectivity index is 1.63. The Morgan fingerprint density at radius 1 is 1.30 bits per heavy atom. The number of rotatable bonds is 5. The summed E-state index contributed by atoms with van der Waals surface area (Å²) in [5.41, 5.74) is 0.624. The fourth-order valence-corrected chi connectivity index (χ4v) is 4.58. The number of amides is 1. The van der Waals surface area contributed by atoms with Gasteiger partial charge in [0.05, 0.1) is 13.2 Å². The molecule has 2 heterocycles. The van der Waals surface area contributed by atoms with E-state index in [1.54, 1.807) is 0 Å². The molecular formula is C17H25FN4O4S. The molecule has 2 atom stereocenters. The average Bonchev–Trinajstić information content (AvgIpc) is 2.65. The van der Waals surface area contributed by atoms with E-state index in [2.05, 4.69) is 14.9 Å². The zero-order valence-corrected chi connectivity index (χ0v) is 16.0. The van der Waals surface area contributed by atoms with Gasteiger partial charge >= 0.3 is 0 Å². The molecule has 1 amide bonds. The third-order valence-corrected chi connectivity index (χ3v) is 6.57. The maximum atomic E-state index is 13.1. The van der Waals surface area contributed by atoms with Crippen molar-refractivity contribution in [1.82, 2.24) is 19.2 Å². The van der Waals surface area contributed by atoms with Crippen molar-refractivity contribution >= 4 is 16.1 Å². The smallest absolute Gasteiger partial charge is 0.280 e. The van der Waals surface area contributed by atoms with Crippen molar-refractivity contribution in [2.75, 3.05) is 46.4 Å². The van der Waals surface area contributed by atoms with Gasteiger partial charge < -0.3 is 10.1 Å². The highest BCUT2D eigenvalue weighted by Crippen LogP contribution is 2.27. The minimum absolute atomic E-state index is 0.269. The molecule has 2 aliphatic rings. The molecule has 1 aromatic rings. The lowest BCUT2D eigenvalue weighted by atomic mass is 9.99. The molecule has 2 fully saturated rings. The van der Waals surface area contributed by atoms with Gasteiger partial charge in [-0.05, 0) is 24.1 Å². The summed E-state index contributed by atoms with van der Waals surface area (Å²) in [5.74, 6) is -0.727. The Hall–Kier alpha value is -1.59. The van der Waals surface area contributed by atoms with Crippen LogP contribution in [0.5, 0.6) is 0 Å². The van der Waals surface area contributed by atoms with Crippen LogP contribution in [0.1, 0.15) is 18.0 Å². The molecule has 1 aromatic carbocycles. The number of ether oxygens (including phenoxy) is 1. The Bertz CT molecular complexity index is 753. The number of benzene rings is 1. The second-order valence-electron chi connectivity index (χ2n) is 6.74. The first-order valence-corrected chi connectivity index (χ1v) is 10.4. The second kappa shape index (κ2) is 8.61. The molecule has 0 saturated carbocycles. The van der Waals surface area contributed by atoms with Gasteiger partial charge in [0.15, 0.2) is 0 Å². The first kappa shape index (κ1) is 20.2. The van der Waals surface area contributed by atoms with Gasteiger partial charge in [-0.15, -0.1) is 0 Å². The Kier molecular flexibility index (Phi) is 6.43. The van der Waals surface area contributed by atoms with Gasteiger partial charge in [-0.25, -0.2) is 4.39 Å². The van der Waals surface area contributed by atoms with E-state index >= 15 is 0 Å². The van der Waals surface area contributed by atoms with Crippen LogP contribution in [0, 0.1) is 5.82 Å². The zero-order valence-electron chi connectivity index (χ0n) is 15.2. The number of likely N-dealkylation sites (N-methyl/N-ethyl adjacent to an activating group) is 1. The first-order chi connectivity index (χ1) is 12.9.